The summed E-state index contributed by atoms with van der Waals surface area (Å²) in [5.41, 5.74) is 1.47. The normalized spacial score (nSPS) is 24.6. The second-order valence-corrected chi connectivity index (χ2v) is 5.62. The van der Waals surface area contributed by atoms with Crippen LogP contribution < -0.4 is 0 Å². The van der Waals surface area contributed by atoms with E-state index in [4.69, 9.17) is 0 Å². The molecule has 0 saturated carbocycles. The highest BCUT2D eigenvalue weighted by atomic mass is 15.2. The van der Waals surface area contributed by atoms with Gasteiger partial charge < -0.3 is 0 Å². The minimum Gasteiger partial charge on any atom is -0.293 e. The zero-order chi connectivity index (χ0) is 12.8. The van der Waals surface area contributed by atoms with Crippen molar-refractivity contribution in [3.63, 3.8) is 0 Å². The molecule has 0 radical (unpaired) electrons. The van der Waals surface area contributed by atoms with E-state index >= 15 is 0 Å². The van der Waals surface area contributed by atoms with Crippen LogP contribution >= 0.6 is 0 Å². The van der Waals surface area contributed by atoms with Crippen molar-refractivity contribution in [1.82, 2.24) is 4.90 Å². The van der Waals surface area contributed by atoms with Gasteiger partial charge in [0.1, 0.15) is 0 Å². The molecule has 18 heavy (non-hydrogen) atoms. The molecule has 1 aliphatic rings. The zero-order valence-electron chi connectivity index (χ0n) is 11.9. The summed E-state index contributed by atoms with van der Waals surface area (Å²) < 4.78 is 0. The quantitative estimate of drug-likeness (QED) is 0.707. The maximum Gasteiger partial charge on any atom is 0.0239 e. The lowest BCUT2D eigenvalue weighted by atomic mass is 10.1. The lowest BCUT2D eigenvalue weighted by Crippen LogP contribution is -2.35. The van der Waals surface area contributed by atoms with Crippen LogP contribution in [0.1, 0.15) is 57.9 Å². The number of likely N-dealkylation sites (tertiary alicyclic amines) is 1. The monoisotopic (exact) mass is 245 g/mol. The molecule has 100 valence electrons. The minimum atomic E-state index is 0.826. The summed E-state index contributed by atoms with van der Waals surface area (Å²) in [4.78, 5) is 2.78. The van der Waals surface area contributed by atoms with Gasteiger partial charge in [-0.15, -0.1) is 0 Å². The van der Waals surface area contributed by atoms with Crippen LogP contribution in [0.2, 0.25) is 0 Å². The van der Waals surface area contributed by atoms with E-state index in [0.29, 0.717) is 0 Å². The van der Waals surface area contributed by atoms with E-state index < -0.39 is 0 Å². The van der Waals surface area contributed by atoms with Crippen LogP contribution in [0.5, 0.6) is 0 Å². The Hall–Kier alpha value is -0.820. The molecule has 0 aliphatic carbocycles. The van der Waals surface area contributed by atoms with Crippen LogP contribution in [-0.2, 0) is 6.54 Å². The van der Waals surface area contributed by atoms with E-state index in [0.717, 1.165) is 18.6 Å². The van der Waals surface area contributed by atoms with E-state index in [1.807, 2.05) is 0 Å². The van der Waals surface area contributed by atoms with Crippen LogP contribution in [-0.4, -0.2) is 17.0 Å². The molecule has 1 aromatic rings. The first-order chi connectivity index (χ1) is 8.85. The van der Waals surface area contributed by atoms with Crippen molar-refractivity contribution in [2.45, 2.75) is 71.0 Å². The summed E-state index contributed by atoms with van der Waals surface area (Å²) in [5, 5.41) is 0. The Labute approximate surface area is 112 Å². The Kier molecular flexibility index (Phi) is 5.25. The Balaban J connectivity index is 2.03. The molecule has 0 bridgehead atoms. The molecule has 0 spiro atoms. The highest BCUT2D eigenvalue weighted by Gasteiger charge is 2.31. The fraction of sp³-hybridized carbons (Fsp3) is 0.647. The van der Waals surface area contributed by atoms with Gasteiger partial charge in [-0.2, -0.15) is 0 Å². The fourth-order valence-corrected chi connectivity index (χ4v) is 3.35. The molecule has 1 aliphatic heterocycles. The Morgan fingerprint density at radius 2 is 1.50 bits per heavy atom. The number of nitrogens with zero attached hydrogens (tertiary/aromatic N) is 1. The van der Waals surface area contributed by atoms with Crippen molar-refractivity contribution in [1.29, 1.82) is 0 Å². The maximum absolute atomic E-state index is 2.78. The van der Waals surface area contributed by atoms with Crippen molar-refractivity contribution in [3.05, 3.63) is 35.9 Å². The van der Waals surface area contributed by atoms with E-state index in [2.05, 4.69) is 49.1 Å². The molecule has 1 aromatic carbocycles. The van der Waals surface area contributed by atoms with Crippen LogP contribution in [0.25, 0.3) is 0 Å². The molecule has 2 atom stereocenters. The fourth-order valence-electron chi connectivity index (χ4n) is 3.35. The average molecular weight is 245 g/mol. The van der Waals surface area contributed by atoms with Gasteiger partial charge in [-0.3, -0.25) is 4.90 Å². The van der Waals surface area contributed by atoms with Crippen LogP contribution in [0.3, 0.4) is 0 Å². The van der Waals surface area contributed by atoms with Gasteiger partial charge >= 0.3 is 0 Å². The molecule has 0 aromatic heterocycles. The first-order valence-electron chi connectivity index (χ1n) is 7.64. The predicted octanol–water partition coefficient (Wildman–Crippen LogP) is 4.62. The summed E-state index contributed by atoms with van der Waals surface area (Å²) in [6.45, 7) is 5.78. The molecular formula is C17H27N. The summed E-state index contributed by atoms with van der Waals surface area (Å²) >= 11 is 0. The molecule has 1 fully saturated rings. The average Bonchev–Trinajstić information content (AvgIpc) is 2.75. The number of hydrogen-bond acceptors (Lipinski definition) is 1. The van der Waals surface area contributed by atoms with Gasteiger partial charge in [0.2, 0.25) is 0 Å². The van der Waals surface area contributed by atoms with Crippen LogP contribution in [0, 0.1) is 0 Å². The first-order valence-corrected chi connectivity index (χ1v) is 7.64. The summed E-state index contributed by atoms with van der Waals surface area (Å²) in [7, 11) is 0. The van der Waals surface area contributed by atoms with Crippen molar-refractivity contribution < 1.29 is 0 Å². The lowest BCUT2D eigenvalue weighted by molar-refractivity contribution is 0.167. The summed E-state index contributed by atoms with van der Waals surface area (Å²) in [6.07, 6.45) is 8.18. The van der Waals surface area contributed by atoms with E-state index in [1.165, 1.54) is 44.1 Å². The minimum absolute atomic E-state index is 0.826. The molecule has 2 rings (SSSR count). The molecule has 1 heteroatoms. The Bertz CT molecular complexity index is 319. The molecule has 0 amide bonds. The number of hydrogen-bond donors (Lipinski definition) is 0. The van der Waals surface area contributed by atoms with Crippen molar-refractivity contribution in [3.8, 4) is 0 Å². The third kappa shape index (κ3) is 3.35. The predicted molar refractivity (Wildman–Crippen MR) is 78.6 cm³/mol. The molecule has 1 nitrogen and oxygen atoms in total. The Morgan fingerprint density at radius 1 is 0.944 bits per heavy atom. The maximum atomic E-state index is 2.78. The van der Waals surface area contributed by atoms with E-state index in [1.54, 1.807) is 0 Å². The van der Waals surface area contributed by atoms with E-state index in [9.17, 15) is 0 Å². The van der Waals surface area contributed by atoms with Crippen molar-refractivity contribution >= 4 is 0 Å². The first kappa shape index (κ1) is 13.6. The SMILES string of the molecule is CCC[C@H]1CC[C@H](CCC)N1Cc1ccccc1. The molecule has 1 saturated heterocycles. The lowest BCUT2D eigenvalue weighted by Gasteiger charge is -2.30. The van der Waals surface area contributed by atoms with Crippen LogP contribution in [0.15, 0.2) is 30.3 Å². The zero-order valence-corrected chi connectivity index (χ0v) is 11.9. The van der Waals surface area contributed by atoms with Crippen LogP contribution in [0.4, 0.5) is 0 Å². The molecule has 0 unspecified atom stereocenters. The highest BCUT2D eigenvalue weighted by Crippen LogP contribution is 2.31. The van der Waals surface area contributed by atoms with Gasteiger partial charge in [-0.1, -0.05) is 57.0 Å². The van der Waals surface area contributed by atoms with Gasteiger partial charge in [0.15, 0.2) is 0 Å². The topological polar surface area (TPSA) is 3.24 Å². The van der Waals surface area contributed by atoms with Gasteiger partial charge in [-0.25, -0.2) is 0 Å². The largest absolute Gasteiger partial charge is 0.293 e. The third-order valence-corrected chi connectivity index (χ3v) is 4.22. The highest BCUT2D eigenvalue weighted by molar-refractivity contribution is 5.15. The molecular weight excluding hydrogens is 218 g/mol. The van der Waals surface area contributed by atoms with Crippen molar-refractivity contribution in [2.24, 2.45) is 0 Å². The molecule has 1 heterocycles. The summed E-state index contributed by atoms with van der Waals surface area (Å²) in [5.74, 6) is 0. The summed E-state index contributed by atoms with van der Waals surface area (Å²) in [6, 6.07) is 12.6. The Morgan fingerprint density at radius 3 is 2.00 bits per heavy atom. The van der Waals surface area contributed by atoms with Gasteiger partial charge in [0, 0.05) is 18.6 Å². The third-order valence-electron chi connectivity index (χ3n) is 4.22. The van der Waals surface area contributed by atoms with E-state index in [-0.39, 0.29) is 0 Å². The smallest absolute Gasteiger partial charge is 0.0239 e. The number of rotatable bonds is 6. The van der Waals surface area contributed by atoms with Crippen molar-refractivity contribution in [2.75, 3.05) is 0 Å². The second-order valence-electron chi connectivity index (χ2n) is 5.62. The standard InChI is InChI=1S/C17H27N/c1-3-8-16-12-13-17(9-4-2)18(16)14-15-10-6-5-7-11-15/h5-7,10-11,16-17H,3-4,8-9,12-14H2,1-2H3/t16-,17-/m0/s1. The second kappa shape index (κ2) is 6.94. The van der Waals surface area contributed by atoms with Gasteiger partial charge in [0.25, 0.3) is 0 Å². The van der Waals surface area contributed by atoms with Gasteiger partial charge in [0.05, 0.1) is 0 Å². The van der Waals surface area contributed by atoms with Gasteiger partial charge in [-0.05, 0) is 31.2 Å². The number of benzene rings is 1. The molecule has 0 N–H and O–H groups in total.